The van der Waals surface area contributed by atoms with Crippen LogP contribution in [0, 0.1) is 0 Å². The predicted molar refractivity (Wildman–Crippen MR) is 70.1 cm³/mol. The number of fused-ring (bicyclic) bond motifs is 1. The van der Waals surface area contributed by atoms with Crippen molar-refractivity contribution in [1.29, 1.82) is 0 Å². The van der Waals surface area contributed by atoms with Gasteiger partial charge in [-0.2, -0.15) is 0 Å². The van der Waals surface area contributed by atoms with Crippen LogP contribution in [0.2, 0.25) is 0 Å². The Labute approximate surface area is 105 Å². The van der Waals surface area contributed by atoms with E-state index in [2.05, 4.69) is 10.3 Å². The zero-order valence-electron chi connectivity index (χ0n) is 9.81. The average Bonchev–Trinajstić information content (AvgIpc) is 2.83. The van der Waals surface area contributed by atoms with Crippen LogP contribution in [0.3, 0.4) is 0 Å². The molecular formula is C13H15N3S. The molecule has 0 saturated carbocycles. The molecule has 3 rings (SSSR count). The Balaban J connectivity index is 2.02. The Morgan fingerprint density at radius 2 is 2.35 bits per heavy atom. The van der Waals surface area contributed by atoms with Gasteiger partial charge in [0.1, 0.15) is 5.01 Å². The van der Waals surface area contributed by atoms with Crippen LogP contribution in [-0.2, 0) is 6.42 Å². The molecule has 1 N–H and O–H groups in total. The van der Waals surface area contributed by atoms with Crippen molar-refractivity contribution in [1.82, 2.24) is 15.3 Å². The SMILES string of the molecule is CNC1CCCc2sc(-c3ccccn3)nc21. The first-order valence-electron chi connectivity index (χ1n) is 5.97. The second-order valence-electron chi connectivity index (χ2n) is 4.28. The highest BCUT2D eigenvalue weighted by Gasteiger charge is 2.23. The highest BCUT2D eigenvalue weighted by atomic mass is 32.1. The minimum absolute atomic E-state index is 0.424. The first-order chi connectivity index (χ1) is 8.38. The first-order valence-corrected chi connectivity index (χ1v) is 6.78. The first kappa shape index (κ1) is 10.9. The van der Waals surface area contributed by atoms with Crippen molar-refractivity contribution in [3.63, 3.8) is 0 Å². The molecule has 88 valence electrons. The van der Waals surface area contributed by atoms with Gasteiger partial charge in [0.25, 0.3) is 0 Å². The number of nitrogens with one attached hydrogen (secondary N) is 1. The van der Waals surface area contributed by atoms with Crippen LogP contribution in [-0.4, -0.2) is 17.0 Å². The Bertz CT molecular complexity index is 507. The Hall–Kier alpha value is -1.26. The number of aromatic nitrogens is 2. The molecule has 1 aliphatic carbocycles. The summed E-state index contributed by atoms with van der Waals surface area (Å²) in [5, 5.41) is 4.40. The molecule has 4 heteroatoms. The molecule has 0 aromatic carbocycles. The predicted octanol–water partition coefficient (Wildman–Crippen LogP) is 2.80. The number of hydrogen-bond donors (Lipinski definition) is 1. The molecule has 2 heterocycles. The Kier molecular flexibility index (Phi) is 2.91. The standard InChI is InChI=1S/C13H15N3S/c1-14-9-6-4-7-11-12(9)16-13(17-11)10-5-2-3-8-15-10/h2-3,5,8-9,14H,4,6-7H2,1H3. The van der Waals surface area contributed by atoms with Crippen LogP contribution in [0.15, 0.2) is 24.4 Å². The van der Waals surface area contributed by atoms with E-state index in [9.17, 15) is 0 Å². The summed E-state index contributed by atoms with van der Waals surface area (Å²) < 4.78 is 0. The van der Waals surface area contributed by atoms with E-state index in [0.29, 0.717) is 6.04 Å². The van der Waals surface area contributed by atoms with Crippen molar-refractivity contribution in [3.05, 3.63) is 35.0 Å². The molecule has 17 heavy (non-hydrogen) atoms. The fourth-order valence-corrected chi connectivity index (χ4v) is 3.44. The van der Waals surface area contributed by atoms with Crippen LogP contribution in [0.5, 0.6) is 0 Å². The topological polar surface area (TPSA) is 37.8 Å². The van der Waals surface area contributed by atoms with Crippen molar-refractivity contribution in [2.45, 2.75) is 25.3 Å². The van der Waals surface area contributed by atoms with E-state index in [0.717, 1.165) is 17.1 Å². The van der Waals surface area contributed by atoms with Gasteiger partial charge in [-0.15, -0.1) is 11.3 Å². The van der Waals surface area contributed by atoms with Gasteiger partial charge in [0.15, 0.2) is 0 Å². The molecule has 2 aromatic rings. The van der Waals surface area contributed by atoms with Crippen LogP contribution in [0.25, 0.3) is 10.7 Å². The van der Waals surface area contributed by atoms with E-state index in [1.165, 1.54) is 23.4 Å². The maximum absolute atomic E-state index is 4.77. The lowest BCUT2D eigenvalue weighted by Gasteiger charge is -2.19. The summed E-state index contributed by atoms with van der Waals surface area (Å²) in [6, 6.07) is 6.40. The number of hydrogen-bond acceptors (Lipinski definition) is 4. The summed E-state index contributed by atoms with van der Waals surface area (Å²) in [6.07, 6.45) is 5.43. The largest absolute Gasteiger partial charge is 0.312 e. The van der Waals surface area contributed by atoms with Crippen molar-refractivity contribution < 1.29 is 0 Å². The summed E-state index contributed by atoms with van der Waals surface area (Å²) in [5.41, 5.74) is 2.23. The number of rotatable bonds is 2. The van der Waals surface area contributed by atoms with Crippen LogP contribution in [0.4, 0.5) is 0 Å². The van der Waals surface area contributed by atoms with Crippen molar-refractivity contribution in [2.75, 3.05) is 7.05 Å². The molecule has 0 aliphatic heterocycles. The minimum atomic E-state index is 0.424. The zero-order valence-corrected chi connectivity index (χ0v) is 10.6. The summed E-state index contributed by atoms with van der Waals surface area (Å²) in [7, 11) is 2.01. The molecular weight excluding hydrogens is 230 g/mol. The van der Waals surface area contributed by atoms with E-state index in [4.69, 9.17) is 4.98 Å². The number of thiazole rings is 1. The number of aryl methyl sites for hydroxylation is 1. The van der Waals surface area contributed by atoms with E-state index >= 15 is 0 Å². The molecule has 2 aromatic heterocycles. The molecule has 1 aliphatic rings. The molecule has 0 radical (unpaired) electrons. The lowest BCUT2D eigenvalue weighted by Crippen LogP contribution is -2.21. The smallest absolute Gasteiger partial charge is 0.142 e. The monoisotopic (exact) mass is 245 g/mol. The lowest BCUT2D eigenvalue weighted by atomic mass is 9.98. The molecule has 3 nitrogen and oxygen atoms in total. The van der Waals surface area contributed by atoms with Crippen LogP contribution < -0.4 is 5.32 Å². The second kappa shape index (κ2) is 4.55. The average molecular weight is 245 g/mol. The normalized spacial score (nSPS) is 19.0. The highest BCUT2D eigenvalue weighted by Crippen LogP contribution is 2.36. The van der Waals surface area contributed by atoms with E-state index < -0.39 is 0 Å². The molecule has 0 bridgehead atoms. The van der Waals surface area contributed by atoms with E-state index in [-0.39, 0.29) is 0 Å². The van der Waals surface area contributed by atoms with Gasteiger partial charge in [-0.25, -0.2) is 4.98 Å². The summed E-state index contributed by atoms with van der Waals surface area (Å²) >= 11 is 1.79. The molecule has 0 amide bonds. The zero-order chi connectivity index (χ0) is 11.7. The number of nitrogens with zero attached hydrogens (tertiary/aromatic N) is 2. The fourth-order valence-electron chi connectivity index (χ4n) is 2.30. The van der Waals surface area contributed by atoms with Crippen molar-refractivity contribution >= 4 is 11.3 Å². The van der Waals surface area contributed by atoms with Crippen LogP contribution >= 0.6 is 11.3 Å². The number of pyridine rings is 1. The van der Waals surface area contributed by atoms with E-state index in [1.54, 1.807) is 11.3 Å². The lowest BCUT2D eigenvalue weighted by molar-refractivity contribution is 0.490. The third-order valence-electron chi connectivity index (χ3n) is 3.19. The highest BCUT2D eigenvalue weighted by molar-refractivity contribution is 7.15. The summed E-state index contributed by atoms with van der Waals surface area (Å²) in [6.45, 7) is 0. The molecule has 1 unspecified atom stereocenters. The van der Waals surface area contributed by atoms with Crippen molar-refractivity contribution in [2.24, 2.45) is 0 Å². The third-order valence-corrected chi connectivity index (χ3v) is 4.34. The maximum atomic E-state index is 4.77. The quantitative estimate of drug-likeness (QED) is 0.884. The van der Waals surface area contributed by atoms with E-state index in [1.807, 2.05) is 31.4 Å². The Morgan fingerprint density at radius 3 is 3.12 bits per heavy atom. The summed E-state index contributed by atoms with van der Waals surface area (Å²) in [4.78, 5) is 10.6. The van der Waals surface area contributed by atoms with Gasteiger partial charge >= 0.3 is 0 Å². The van der Waals surface area contributed by atoms with Gasteiger partial charge in [-0.05, 0) is 38.4 Å². The van der Waals surface area contributed by atoms with Crippen molar-refractivity contribution in [3.8, 4) is 10.7 Å². The third kappa shape index (κ3) is 1.98. The maximum Gasteiger partial charge on any atom is 0.142 e. The van der Waals surface area contributed by atoms with Gasteiger partial charge in [0, 0.05) is 11.1 Å². The van der Waals surface area contributed by atoms with Gasteiger partial charge in [-0.3, -0.25) is 4.98 Å². The van der Waals surface area contributed by atoms with Gasteiger partial charge < -0.3 is 5.32 Å². The van der Waals surface area contributed by atoms with Crippen LogP contribution in [0.1, 0.15) is 29.5 Å². The molecule has 0 fully saturated rings. The van der Waals surface area contributed by atoms with Gasteiger partial charge in [-0.1, -0.05) is 6.07 Å². The minimum Gasteiger partial charge on any atom is -0.312 e. The second-order valence-corrected chi connectivity index (χ2v) is 5.36. The molecule has 1 atom stereocenters. The summed E-state index contributed by atoms with van der Waals surface area (Å²) in [5.74, 6) is 0. The molecule has 0 spiro atoms. The fraction of sp³-hybridized carbons (Fsp3) is 0.385. The van der Waals surface area contributed by atoms with Gasteiger partial charge in [0.2, 0.25) is 0 Å². The molecule has 0 saturated heterocycles. The Morgan fingerprint density at radius 1 is 1.41 bits per heavy atom. The van der Waals surface area contributed by atoms with Gasteiger partial charge in [0.05, 0.1) is 17.4 Å².